The molecule has 0 saturated carbocycles. The summed E-state index contributed by atoms with van der Waals surface area (Å²) in [5.74, 6) is 0.410. The van der Waals surface area contributed by atoms with Crippen molar-refractivity contribution in [2.45, 2.75) is 33.4 Å². The molecule has 0 radical (unpaired) electrons. The van der Waals surface area contributed by atoms with Crippen molar-refractivity contribution in [1.82, 2.24) is 4.90 Å². The molecule has 0 aromatic heterocycles. The minimum atomic E-state index is -1.35. The number of ether oxygens (including phenoxy) is 1. The van der Waals surface area contributed by atoms with Crippen molar-refractivity contribution in [3.8, 4) is 5.75 Å². The number of carbonyl (C=O) groups excluding carboxylic acids is 1. The van der Waals surface area contributed by atoms with E-state index >= 15 is 0 Å². The van der Waals surface area contributed by atoms with Crippen molar-refractivity contribution in [2.24, 2.45) is 5.41 Å². The van der Waals surface area contributed by atoms with Crippen molar-refractivity contribution in [1.29, 1.82) is 0 Å². The summed E-state index contributed by atoms with van der Waals surface area (Å²) < 4.78 is 5.35. The lowest BCUT2D eigenvalue weighted by Gasteiger charge is -2.44. The van der Waals surface area contributed by atoms with E-state index in [9.17, 15) is 9.90 Å². The van der Waals surface area contributed by atoms with Crippen molar-refractivity contribution < 1.29 is 14.6 Å². The Kier molecular flexibility index (Phi) is 3.09. The lowest BCUT2D eigenvalue weighted by Crippen LogP contribution is -2.52. The predicted octanol–water partition coefficient (Wildman–Crippen LogP) is 2.36. The van der Waals surface area contributed by atoms with Gasteiger partial charge in [-0.05, 0) is 19.1 Å². The molecule has 0 spiro atoms. The third-order valence-corrected chi connectivity index (χ3v) is 3.82. The number of carbonyl (C=O) groups is 1. The highest BCUT2D eigenvalue weighted by Gasteiger charge is 2.56. The first-order chi connectivity index (χ1) is 8.79. The van der Waals surface area contributed by atoms with Crippen LogP contribution in [0.2, 0.25) is 0 Å². The highest BCUT2D eigenvalue weighted by molar-refractivity contribution is 6.00. The predicted molar refractivity (Wildman–Crippen MR) is 73.1 cm³/mol. The van der Waals surface area contributed by atoms with Gasteiger partial charge in [-0.3, -0.25) is 4.79 Å². The maximum absolute atomic E-state index is 12.5. The lowest BCUT2D eigenvalue weighted by atomic mass is 9.78. The largest absolute Gasteiger partial charge is 0.496 e. The topological polar surface area (TPSA) is 49.8 Å². The SMILES string of the molecule is CCN1C(=O)c2cccc(OC)c2C1(O)C(C)(C)C. The van der Waals surface area contributed by atoms with Crippen LogP contribution in [0.15, 0.2) is 18.2 Å². The Morgan fingerprint density at radius 2 is 2.00 bits per heavy atom. The van der Waals surface area contributed by atoms with E-state index in [2.05, 4.69) is 0 Å². The minimum Gasteiger partial charge on any atom is -0.496 e. The summed E-state index contributed by atoms with van der Waals surface area (Å²) in [6, 6.07) is 5.30. The molecule has 4 heteroatoms. The van der Waals surface area contributed by atoms with Gasteiger partial charge in [0.25, 0.3) is 5.91 Å². The van der Waals surface area contributed by atoms with E-state index in [0.29, 0.717) is 23.4 Å². The smallest absolute Gasteiger partial charge is 0.256 e. The van der Waals surface area contributed by atoms with Crippen LogP contribution in [0.1, 0.15) is 43.6 Å². The normalized spacial score (nSPS) is 22.6. The standard InChI is InChI=1S/C15H21NO3/c1-6-16-13(17)10-8-7-9-11(19-5)12(10)15(16,18)14(2,3)4/h7-9,18H,6H2,1-5H3. The molecule has 1 aromatic carbocycles. The second-order valence-electron chi connectivity index (χ2n) is 5.85. The summed E-state index contributed by atoms with van der Waals surface area (Å²) in [5.41, 5.74) is -0.755. The summed E-state index contributed by atoms with van der Waals surface area (Å²) >= 11 is 0. The van der Waals surface area contributed by atoms with E-state index < -0.39 is 11.1 Å². The van der Waals surface area contributed by atoms with Gasteiger partial charge in [0.1, 0.15) is 5.75 Å². The van der Waals surface area contributed by atoms with Crippen molar-refractivity contribution in [3.05, 3.63) is 29.3 Å². The Morgan fingerprint density at radius 3 is 2.47 bits per heavy atom. The number of rotatable bonds is 2. The Balaban J connectivity index is 2.79. The molecule has 0 saturated heterocycles. The summed E-state index contributed by atoms with van der Waals surface area (Å²) in [6.07, 6.45) is 0. The monoisotopic (exact) mass is 263 g/mol. The molecule has 1 aromatic rings. The molecular formula is C15H21NO3. The maximum Gasteiger partial charge on any atom is 0.256 e. The van der Waals surface area contributed by atoms with Gasteiger partial charge in [-0.25, -0.2) is 0 Å². The molecule has 1 N–H and O–H groups in total. The first kappa shape index (κ1) is 13.9. The lowest BCUT2D eigenvalue weighted by molar-refractivity contribution is -0.158. The molecule has 1 amide bonds. The Bertz CT molecular complexity index is 519. The summed E-state index contributed by atoms with van der Waals surface area (Å²) in [6.45, 7) is 8.08. The fraction of sp³-hybridized carbons (Fsp3) is 0.533. The van der Waals surface area contributed by atoms with E-state index in [0.717, 1.165) is 0 Å². The third kappa shape index (κ3) is 1.66. The van der Waals surface area contributed by atoms with Gasteiger partial charge < -0.3 is 14.7 Å². The van der Waals surface area contributed by atoms with E-state index in [1.807, 2.05) is 27.7 Å². The van der Waals surface area contributed by atoms with Gasteiger partial charge in [0.15, 0.2) is 5.72 Å². The molecule has 19 heavy (non-hydrogen) atoms. The molecule has 0 fully saturated rings. The van der Waals surface area contributed by atoms with Gasteiger partial charge >= 0.3 is 0 Å². The molecule has 0 bridgehead atoms. The van der Waals surface area contributed by atoms with Gasteiger partial charge in [-0.1, -0.05) is 26.8 Å². The molecule has 1 atom stereocenters. The number of methoxy groups -OCH3 is 1. The molecule has 1 aliphatic rings. The number of benzene rings is 1. The molecule has 4 nitrogen and oxygen atoms in total. The van der Waals surface area contributed by atoms with Gasteiger partial charge in [0.2, 0.25) is 0 Å². The van der Waals surface area contributed by atoms with E-state index in [4.69, 9.17) is 4.74 Å². The van der Waals surface area contributed by atoms with Crippen LogP contribution in [0.5, 0.6) is 5.75 Å². The Morgan fingerprint density at radius 1 is 1.37 bits per heavy atom. The molecule has 1 aliphatic heterocycles. The minimum absolute atomic E-state index is 0.145. The molecule has 104 valence electrons. The maximum atomic E-state index is 12.5. The zero-order chi connectivity index (χ0) is 14.4. The molecule has 0 aliphatic carbocycles. The number of nitrogens with zero attached hydrogens (tertiary/aromatic N) is 1. The van der Waals surface area contributed by atoms with Crippen molar-refractivity contribution >= 4 is 5.91 Å². The summed E-state index contributed by atoms with van der Waals surface area (Å²) in [5, 5.41) is 11.2. The van der Waals surface area contributed by atoms with Gasteiger partial charge in [0, 0.05) is 12.0 Å². The second kappa shape index (κ2) is 4.23. The van der Waals surface area contributed by atoms with Crippen LogP contribution < -0.4 is 4.74 Å². The highest BCUT2D eigenvalue weighted by atomic mass is 16.5. The van der Waals surface area contributed by atoms with E-state index in [1.165, 1.54) is 4.90 Å². The zero-order valence-corrected chi connectivity index (χ0v) is 12.2. The zero-order valence-electron chi connectivity index (χ0n) is 12.2. The fourth-order valence-electron chi connectivity index (χ4n) is 2.82. The number of fused-ring (bicyclic) bond motifs is 1. The molecule has 2 rings (SSSR count). The highest BCUT2D eigenvalue weighted by Crippen LogP contribution is 2.51. The molecular weight excluding hydrogens is 242 g/mol. The molecule has 1 unspecified atom stereocenters. The summed E-state index contributed by atoms with van der Waals surface area (Å²) in [7, 11) is 1.55. The van der Waals surface area contributed by atoms with Crippen LogP contribution in [-0.4, -0.2) is 29.6 Å². The number of hydrogen-bond donors (Lipinski definition) is 1. The van der Waals surface area contributed by atoms with Gasteiger partial charge in [0.05, 0.1) is 18.2 Å². The first-order valence-corrected chi connectivity index (χ1v) is 6.50. The van der Waals surface area contributed by atoms with Crippen molar-refractivity contribution in [2.75, 3.05) is 13.7 Å². The molecule has 1 heterocycles. The van der Waals surface area contributed by atoms with E-state index in [1.54, 1.807) is 25.3 Å². The van der Waals surface area contributed by atoms with Gasteiger partial charge in [-0.15, -0.1) is 0 Å². The van der Waals surface area contributed by atoms with Gasteiger partial charge in [-0.2, -0.15) is 0 Å². The van der Waals surface area contributed by atoms with Crippen LogP contribution in [0.4, 0.5) is 0 Å². The summed E-state index contributed by atoms with van der Waals surface area (Å²) in [4.78, 5) is 14.0. The van der Waals surface area contributed by atoms with Crippen LogP contribution >= 0.6 is 0 Å². The third-order valence-electron chi connectivity index (χ3n) is 3.82. The fourth-order valence-corrected chi connectivity index (χ4v) is 2.82. The number of amides is 1. The number of aliphatic hydroxyl groups is 1. The number of hydrogen-bond acceptors (Lipinski definition) is 3. The quantitative estimate of drug-likeness (QED) is 0.891. The van der Waals surface area contributed by atoms with Crippen LogP contribution in [0.3, 0.4) is 0 Å². The van der Waals surface area contributed by atoms with Crippen molar-refractivity contribution in [3.63, 3.8) is 0 Å². The Labute approximate surface area is 114 Å². The second-order valence-corrected chi connectivity index (χ2v) is 5.85. The van der Waals surface area contributed by atoms with Crippen LogP contribution in [0, 0.1) is 5.41 Å². The van der Waals surface area contributed by atoms with E-state index in [-0.39, 0.29) is 5.91 Å². The van der Waals surface area contributed by atoms with Crippen LogP contribution in [-0.2, 0) is 5.72 Å². The van der Waals surface area contributed by atoms with Crippen LogP contribution in [0.25, 0.3) is 0 Å². The average Bonchev–Trinajstić information content (AvgIpc) is 2.59. The average molecular weight is 263 g/mol. The Hall–Kier alpha value is -1.55. The first-order valence-electron chi connectivity index (χ1n) is 6.50.